The Hall–Kier alpha value is -1.62. The number of amides is 1. The van der Waals surface area contributed by atoms with Gasteiger partial charge in [0, 0.05) is 18.3 Å². The zero-order valence-electron chi connectivity index (χ0n) is 11.7. The van der Waals surface area contributed by atoms with E-state index in [9.17, 15) is 9.18 Å². The Kier molecular flexibility index (Phi) is 4.28. The average molecular weight is 280 g/mol. The first kappa shape index (κ1) is 14.8. The minimum atomic E-state index is -0.748. The fourth-order valence-corrected chi connectivity index (χ4v) is 2.69. The summed E-state index contributed by atoms with van der Waals surface area (Å²) in [5.74, 6) is -0.713. The molecule has 0 radical (unpaired) electrons. The van der Waals surface area contributed by atoms with E-state index in [0.717, 1.165) is 31.7 Å². The third kappa shape index (κ3) is 2.93. The second-order valence-corrected chi connectivity index (χ2v) is 5.79. The molecule has 110 valence electrons. The quantitative estimate of drug-likeness (QED) is 0.745. The molecule has 0 aliphatic heterocycles. The molecule has 4 N–H and O–H groups in total. The predicted molar refractivity (Wildman–Crippen MR) is 75.8 cm³/mol. The molecule has 1 aliphatic rings. The molecule has 1 aromatic rings. The zero-order valence-corrected chi connectivity index (χ0v) is 11.7. The number of carbonyl (C=O) groups is 1. The van der Waals surface area contributed by atoms with Gasteiger partial charge in [-0.2, -0.15) is 0 Å². The van der Waals surface area contributed by atoms with Crippen LogP contribution in [0.3, 0.4) is 0 Å². The lowest BCUT2D eigenvalue weighted by Crippen LogP contribution is -2.44. The number of aromatic hydroxyl groups is 1. The summed E-state index contributed by atoms with van der Waals surface area (Å²) >= 11 is 0. The molecule has 0 spiro atoms. The molecule has 1 aliphatic carbocycles. The minimum absolute atomic E-state index is 0.156. The number of carbonyl (C=O) groups excluding carboxylic acids is 1. The maximum absolute atomic E-state index is 13.3. The smallest absolute Gasteiger partial charge is 0.231 e. The molecule has 0 unspecified atom stereocenters. The van der Waals surface area contributed by atoms with E-state index < -0.39 is 17.0 Å². The van der Waals surface area contributed by atoms with Gasteiger partial charge in [-0.25, -0.2) is 4.39 Å². The number of rotatable bonds is 3. The number of phenols is 1. The predicted octanol–water partition coefficient (Wildman–Crippen LogP) is 2.63. The van der Waals surface area contributed by atoms with Crippen LogP contribution in [0.1, 0.15) is 32.6 Å². The van der Waals surface area contributed by atoms with Crippen LogP contribution in [0.25, 0.3) is 0 Å². The highest BCUT2D eigenvalue weighted by Crippen LogP contribution is 2.39. The van der Waals surface area contributed by atoms with Gasteiger partial charge in [-0.15, -0.1) is 0 Å². The molecule has 1 fully saturated rings. The molecule has 0 heterocycles. The summed E-state index contributed by atoms with van der Waals surface area (Å²) in [4.78, 5) is 12.4. The van der Waals surface area contributed by atoms with Crippen molar-refractivity contribution in [3.63, 3.8) is 0 Å². The highest BCUT2D eigenvalue weighted by Gasteiger charge is 2.39. The Labute approximate surface area is 118 Å². The number of phenolic OH excluding ortho intramolecular Hbond substituents is 1. The van der Waals surface area contributed by atoms with Crippen LogP contribution in [0.2, 0.25) is 0 Å². The van der Waals surface area contributed by atoms with Gasteiger partial charge >= 0.3 is 0 Å². The van der Waals surface area contributed by atoms with E-state index in [-0.39, 0.29) is 5.91 Å². The Balaban J connectivity index is 2.11. The van der Waals surface area contributed by atoms with Crippen molar-refractivity contribution in [2.45, 2.75) is 32.6 Å². The molecule has 4 nitrogen and oxygen atoms in total. The van der Waals surface area contributed by atoms with Gasteiger partial charge in [0.1, 0.15) is 0 Å². The normalized spacial score (nSPS) is 26.2. The molecular weight excluding hydrogens is 259 g/mol. The van der Waals surface area contributed by atoms with Crippen LogP contribution < -0.4 is 11.1 Å². The van der Waals surface area contributed by atoms with Crippen molar-refractivity contribution in [3.8, 4) is 5.75 Å². The largest absolute Gasteiger partial charge is 0.505 e. The molecule has 2 rings (SSSR count). The second-order valence-electron chi connectivity index (χ2n) is 5.79. The van der Waals surface area contributed by atoms with Crippen LogP contribution in [0, 0.1) is 17.2 Å². The van der Waals surface area contributed by atoms with Gasteiger partial charge in [-0.1, -0.05) is 6.92 Å². The molecule has 0 bridgehead atoms. The molecule has 1 amide bonds. The summed E-state index contributed by atoms with van der Waals surface area (Å²) < 4.78 is 13.3. The molecule has 1 aromatic carbocycles. The summed E-state index contributed by atoms with van der Waals surface area (Å²) in [5, 5.41) is 11.9. The number of halogens is 1. The summed E-state index contributed by atoms with van der Waals surface area (Å²) in [5.41, 5.74) is 5.61. The standard InChI is InChI=1S/C15H21FN2O2/c1-10-4-6-15(9-17,7-5-10)14(20)18-11-2-3-13(19)12(16)8-11/h2-3,8,10,19H,4-7,9,17H2,1H3,(H,18,20). The third-order valence-corrected chi connectivity index (χ3v) is 4.31. The van der Waals surface area contributed by atoms with Crippen molar-refractivity contribution in [2.75, 3.05) is 11.9 Å². The van der Waals surface area contributed by atoms with Crippen molar-refractivity contribution in [2.24, 2.45) is 17.1 Å². The maximum atomic E-state index is 13.3. The van der Waals surface area contributed by atoms with Gasteiger partial charge in [0.25, 0.3) is 0 Å². The van der Waals surface area contributed by atoms with Crippen LogP contribution >= 0.6 is 0 Å². The van der Waals surface area contributed by atoms with Gasteiger partial charge in [0.2, 0.25) is 5.91 Å². The number of hydrogen-bond donors (Lipinski definition) is 3. The molecular formula is C15H21FN2O2. The van der Waals surface area contributed by atoms with E-state index in [2.05, 4.69) is 12.2 Å². The lowest BCUT2D eigenvalue weighted by Gasteiger charge is -2.37. The lowest BCUT2D eigenvalue weighted by molar-refractivity contribution is -0.127. The maximum Gasteiger partial charge on any atom is 0.231 e. The Morgan fingerprint density at radius 2 is 2.15 bits per heavy atom. The lowest BCUT2D eigenvalue weighted by atomic mass is 9.70. The van der Waals surface area contributed by atoms with E-state index in [1.54, 1.807) is 0 Å². The average Bonchev–Trinajstić information content (AvgIpc) is 2.44. The van der Waals surface area contributed by atoms with Crippen molar-refractivity contribution >= 4 is 11.6 Å². The zero-order chi connectivity index (χ0) is 14.8. The molecule has 0 atom stereocenters. The third-order valence-electron chi connectivity index (χ3n) is 4.31. The van der Waals surface area contributed by atoms with Crippen LogP contribution in [-0.2, 0) is 4.79 Å². The number of anilines is 1. The minimum Gasteiger partial charge on any atom is -0.505 e. The molecule has 0 saturated heterocycles. The SMILES string of the molecule is CC1CCC(CN)(C(=O)Nc2ccc(O)c(F)c2)CC1. The molecule has 5 heteroatoms. The summed E-state index contributed by atoms with van der Waals surface area (Å²) in [7, 11) is 0. The Morgan fingerprint density at radius 1 is 1.50 bits per heavy atom. The van der Waals surface area contributed by atoms with Crippen molar-refractivity contribution in [3.05, 3.63) is 24.0 Å². The van der Waals surface area contributed by atoms with Gasteiger partial charge in [-0.3, -0.25) is 4.79 Å². The second kappa shape index (κ2) is 5.79. The number of nitrogens with two attached hydrogens (primary N) is 1. The first-order valence-electron chi connectivity index (χ1n) is 6.97. The topological polar surface area (TPSA) is 75.4 Å². The highest BCUT2D eigenvalue weighted by atomic mass is 19.1. The van der Waals surface area contributed by atoms with Crippen LogP contribution in [0.15, 0.2) is 18.2 Å². The van der Waals surface area contributed by atoms with Crippen molar-refractivity contribution < 1.29 is 14.3 Å². The monoisotopic (exact) mass is 280 g/mol. The van der Waals surface area contributed by atoms with Gasteiger partial charge < -0.3 is 16.2 Å². The van der Waals surface area contributed by atoms with Gasteiger partial charge in [-0.05, 0) is 43.7 Å². The summed E-state index contributed by atoms with van der Waals surface area (Å²) in [6.07, 6.45) is 3.48. The van der Waals surface area contributed by atoms with Crippen LogP contribution in [0.5, 0.6) is 5.75 Å². The molecule has 1 saturated carbocycles. The van der Waals surface area contributed by atoms with E-state index in [4.69, 9.17) is 10.8 Å². The number of nitrogens with one attached hydrogen (secondary N) is 1. The fourth-order valence-electron chi connectivity index (χ4n) is 2.69. The van der Waals surface area contributed by atoms with E-state index in [0.29, 0.717) is 18.2 Å². The molecule has 20 heavy (non-hydrogen) atoms. The number of hydrogen-bond acceptors (Lipinski definition) is 3. The van der Waals surface area contributed by atoms with E-state index >= 15 is 0 Å². The fraction of sp³-hybridized carbons (Fsp3) is 0.533. The first-order valence-corrected chi connectivity index (χ1v) is 6.97. The highest BCUT2D eigenvalue weighted by molar-refractivity contribution is 5.95. The summed E-state index contributed by atoms with van der Waals surface area (Å²) in [6, 6.07) is 3.82. The Morgan fingerprint density at radius 3 is 2.70 bits per heavy atom. The number of benzene rings is 1. The van der Waals surface area contributed by atoms with Crippen LogP contribution in [0.4, 0.5) is 10.1 Å². The molecule has 0 aromatic heterocycles. The van der Waals surface area contributed by atoms with E-state index in [1.165, 1.54) is 12.1 Å². The Bertz CT molecular complexity index is 497. The summed E-state index contributed by atoms with van der Waals surface area (Å²) in [6.45, 7) is 2.47. The first-order chi connectivity index (χ1) is 9.47. The van der Waals surface area contributed by atoms with Crippen molar-refractivity contribution in [1.82, 2.24) is 0 Å². The van der Waals surface area contributed by atoms with E-state index in [1.807, 2.05) is 0 Å². The van der Waals surface area contributed by atoms with Crippen LogP contribution in [-0.4, -0.2) is 17.6 Å². The van der Waals surface area contributed by atoms with Crippen molar-refractivity contribution in [1.29, 1.82) is 0 Å². The van der Waals surface area contributed by atoms with Gasteiger partial charge in [0.15, 0.2) is 11.6 Å². The van der Waals surface area contributed by atoms with Gasteiger partial charge in [0.05, 0.1) is 5.41 Å².